The number of carbonyl (C=O) groups excluding carboxylic acids is 1. The van der Waals surface area contributed by atoms with E-state index < -0.39 is 0 Å². The number of benzene rings is 1. The van der Waals surface area contributed by atoms with Crippen molar-refractivity contribution in [1.29, 1.82) is 0 Å². The van der Waals surface area contributed by atoms with Crippen LogP contribution >= 0.6 is 0 Å². The molecule has 0 aliphatic heterocycles. The van der Waals surface area contributed by atoms with E-state index in [-0.39, 0.29) is 12.5 Å². The molecular formula is C26H47N3O. The van der Waals surface area contributed by atoms with Gasteiger partial charge in [0.25, 0.3) is 0 Å². The molecular weight excluding hydrogens is 370 g/mol. The molecule has 4 nitrogen and oxygen atoms in total. The minimum atomic E-state index is -0.163. The summed E-state index contributed by atoms with van der Waals surface area (Å²) in [6, 6.07) is 7.81. The van der Waals surface area contributed by atoms with Crippen LogP contribution in [0.1, 0.15) is 110 Å². The molecule has 0 bridgehead atoms. The first-order chi connectivity index (χ1) is 14.8. The predicted octanol–water partition coefficient (Wildman–Crippen LogP) is 7.26. The molecule has 172 valence electrons. The zero-order chi connectivity index (χ0) is 21.7. The molecule has 4 heteroatoms. The fourth-order valence-corrected chi connectivity index (χ4v) is 3.79. The first kappa shape index (κ1) is 26.5. The van der Waals surface area contributed by atoms with Crippen molar-refractivity contribution >= 4 is 17.3 Å². The topological polar surface area (TPSA) is 67.1 Å². The van der Waals surface area contributed by atoms with Crippen molar-refractivity contribution in [1.82, 2.24) is 0 Å². The lowest BCUT2D eigenvalue weighted by molar-refractivity contribution is -0.114. The molecule has 1 aromatic rings. The Balaban J connectivity index is 1.83. The smallest absolute Gasteiger partial charge is 0.238 e. The van der Waals surface area contributed by atoms with Crippen molar-refractivity contribution in [3.05, 3.63) is 24.3 Å². The van der Waals surface area contributed by atoms with Gasteiger partial charge in [0.1, 0.15) is 0 Å². The summed E-state index contributed by atoms with van der Waals surface area (Å²) in [5, 5.41) is 6.20. The number of amides is 1. The Morgan fingerprint density at radius 3 is 1.50 bits per heavy atom. The van der Waals surface area contributed by atoms with Crippen LogP contribution in [0.5, 0.6) is 0 Å². The predicted molar refractivity (Wildman–Crippen MR) is 132 cm³/mol. The van der Waals surface area contributed by atoms with E-state index >= 15 is 0 Å². The Hall–Kier alpha value is -1.55. The quantitative estimate of drug-likeness (QED) is 0.196. The highest BCUT2D eigenvalue weighted by molar-refractivity contribution is 5.92. The molecule has 4 N–H and O–H groups in total. The van der Waals surface area contributed by atoms with Crippen molar-refractivity contribution < 1.29 is 4.79 Å². The van der Waals surface area contributed by atoms with Crippen molar-refractivity contribution in [2.24, 2.45) is 5.73 Å². The van der Waals surface area contributed by atoms with E-state index in [0.717, 1.165) is 17.9 Å². The summed E-state index contributed by atoms with van der Waals surface area (Å²) >= 11 is 0. The van der Waals surface area contributed by atoms with Gasteiger partial charge in [0, 0.05) is 17.9 Å². The standard InChI is InChI=1S/C26H47N3O/c1-2-3-4-5-6-7-8-9-10-11-12-13-14-15-16-17-22-28-24-18-20-25(21-19-24)29-26(30)23-27/h18-21,28H,2-17,22-23,27H2,1H3,(H,29,30). The number of anilines is 2. The molecule has 0 spiro atoms. The molecule has 0 heterocycles. The van der Waals surface area contributed by atoms with Crippen LogP contribution in [0.25, 0.3) is 0 Å². The highest BCUT2D eigenvalue weighted by Crippen LogP contribution is 2.15. The summed E-state index contributed by atoms with van der Waals surface area (Å²) in [6.07, 6.45) is 22.4. The summed E-state index contributed by atoms with van der Waals surface area (Å²) in [5.41, 5.74) is 7.19. The fraction of sp³-hybridized carbons (Fsp3) is 0.731. The van der Waals surface area contributed by atoms with E-state index in [2.05, 4.69) is 17.6 Å². The normalized spacial score (nSPS) is 10.9. The lowest BCUT2D eigenvalue weighted by atomic mass is 10.0. The van der Waals surface area contributed by atoms with E-state index in [1.54, 1.807) is 0 Å². The van der Waals surface area contributed by atoms with E-state index in [1.165, 1.54) is 103 Å². The molecule has 0 unspecified atom stereocenters. The molecule has 0 aromatic heterocycles. The van der Waals surface area contributed by atoms with E-state index in [4.69, 9.17) is 5.73 Å². The second kappa shape index (κ2) is 19.4. The second-order valence-electron chi connectivity index (χ2n) is 8.56. The van der Waals surface area contributed by atoms with Gasteiger partial charge in [-0.25, -0.2) is 0 Å². The molecule has 0 fully saturated rings. The van der Waals surface area contributed by atoms with Crippen molar-refractivity contribution in [3.63, 3.8) is 0 Å². The van der Waals surface area contributed by atoms with Gasteiger partial charge in [0.15, 0.2) is 0 Å². The van der Waals surface area contributed by atoms with Crippen LogP contribution in [0, 0.1) is 0 Å². The van der Waals surface area contributed by atoms with Crippen molar-refractivity contribution in [3.8, 4) is 0 Å². The number of unbranched alkanes of at least 4 members (excludes halogenated alkanes) is 15. The summed E-state index contributed by atoms with van der Waals surface area (Å²) in [7, 11) is 0. The third kappa shape index (κ3) is 15.3. The minimum absolute atomic E-state index is 0.0132. The lowest BCUT2D eigenvalue weighted by Crippen LogP contribution is -2.21. The van der Waals surface area contributed by atoms with Crippen LogP contribution < -0.4 is 16.4 Å². The molecule has 30 heavy (non-hydrogen) atoms. The minimum Gasteiger partial charge on any atom is -0.385 e. The van der Waals surface area contributed by atoms with E-state index in [9.17, 15) is 4.79 Å². The first-order valence-electron chi connectivity index (χ1n) is 12.6. The van der Waals surface area contributed by atoms with Crippen molar-refractivity contribution in [2.75, 3.05) is 23.7 Å². The molecule has 1 amide bonds. The van der Waals surface area contributed by atoms with Crippen LogP contribution in [0.4, 0.5) is 11.4 Å². The zero-order valence-electron chi connectivity index (χ0n) is 19.5. The Bertz CT molecular complexity index is 516. The highest BCUT2D eigenvalue weighted by atomic mass is 16.1. The van der Waals surface area contributed by atoms with E-state index in [0.29, 0.717) is 0 Å². The summed E-state index contributed by atoms with van der Waals surface area (Å²) < 4.78 is 0. The molecule has 0 saturated carbocycles. The zero-order valence-corrected chi connectivity index (χ0v) is 19.5. The van der Waals surface area contributed by atoms with Gasteiger partial charge in [0.2, 0.25) is 5.91 Å². The van der Waals surface area contributed by atoms with Crippen LogP contribution in [0.2, 0.25) is 0 Å². The van der Waals surface area contributed by atoms with Gasteiger partial charge in [-0.05, 0) is 30.7 Å². The van der Waals surface area contributed by atoms with Gasteiger partial charge in [0.05, 0.1) is 6.54 Å². The highest BCUT2D eigenvalue weighted by Gasteiger charge is 1.99. The van der Waals surface area contributed by atoms with Crippen molar-refractivity contribution in [2.45, 2.75) is 110 Å². The molecule has 0 saturated heterocycles. The lowest BCUT2D eigenvalue weighted by Gasteiger charge is -2.08. The summed E-state index contributed by atoms with van der Waals surface area (Å²) in [5.74, 6) is -0.163. The Morgan fingerprint density at radius 1 is 0.667 bits per heavy atom. The Labute approximate surface area is 185 Å². The molecule has 0 radical (unpaired) electrons. The molecule has 0 aliphatic rings. The number of hydrogen-bond acceptors (Lipinski definition) is 3. The van der Waals surface area contributed by atoms with Crippen LogP contribution in [0.15, 0.2) is 24.3 Å². The third-order valence-electron chi connectivity index (χ3n) is 5.71. The summed E-state index contributed by atoms with van der Waals surface area (Å²) in [6.45, 7) is 3.31. The number of nitrogens with one attached hydrogen (secondary N) is 2. The average Bonchev–Trinajstić information content (AvgIpc) is 2.77. The van der Waals surface area contributed by atoms with Gasteiger partial charge in [-0.1, -0.05) is 103 Å². The molecule has 1 aromatic carbocycles. The first-order valence-corrected chi connectivity index (χ1v) is 12.6. The SMILES string of the molecule is CCCCCCCCCCCCCCCCCCNc1ccc(NC(=O)CN)cc1. The maximum atomic E-state index is 11.3. The second-order valence-corrected chi connectivity index (χ2v) is 8.56. The maximum absolute atomic E-state index is 11.3. The number of carbonyl (C=O) groups is 1. The van der Waals surface area contributed by atoms with Gasteiger partial charge in [-0.3, -0.25) is 4.79 Å². The molecule has 0 atom stereocenters. The van der Waals surface area contributed by atoms with Gasteiger partial charge in [-0.2, -0.15) is 0 Å². The third-order valence-corrected chi connectivity index (χ3v) is 5.71. The molecule has 0 aliphatic carbocycles. The maximum Gasteiger partial charge on any atom is 0.238 e. The summed E-state index contributed by atoms with van der Waals surface area (Å²) in [4.78, 5) is 11.3. The number of hydrogen-bond donors (Lipinski definition) is 3. The van der Waals surface area contributed by atoms with Gasteiger partial charge >= 0.3 is 0 Å². The van der Waals surface area contributed by atoms with Crippen LogP contribution in [-0.2, 0) is 4.79 Å². The Kier molecular flexibility index (Phi) is 17.1. The number of rotatable bonds is 20. The molecule has 1 rings (SSSR count). The van der Waals surface area contributed by atoms with Gasteiger partial charge < -0.3 is 16.4 Å². The monoisotopic (exact) mass is 417 g/mol. The number of nitrogens with two attached hydrogens (primary N) is 1. The largest absolute Gasteiger partial charge is 0.385 e. The van der Waals surface area contributed by atoms with Gasteiger partial charge in [-0.15, -0.1) is 0 Å². The fourth-order valence-electron chi connectivity index (χ4n) is 3.79. The van der Waals surface area contributed by atoms with Crippen LogP contribution in [0.3, 0.4) is 0 Å². The average molecular weight is 418 g/mol. The van der Waals surface area contributed by atoms with Crippen LogP contribution in [-0.4, -0.2) is 19.0 Å². The van der Waals surface area contributed by atoms with E-state index in [1.807, 2.05) is 24.3 Å². The Morgan fingerprint density at radius 2 is 1.07 bits per heavy atom.